The fraction of sp³-hybridized carbons (Fsp3) is 0.333. The molecule has 8 nitrogen and oxygen atoms in total. The first-order chi connectivity index (χ1) is 12.7. The average Bonchev–Trinajstić information content (AvgIpc) is 3.23. The van der Waals surface area contributed by atoms with Gasteiger partial charge in [0.1, 0.15) is 23.8 Å². The molecule has 1 fully saturated rings. The number of hydrogen-bond acceptors (Lipinski definition) is 7. The Morgan fingerprint density at radius 1 is 1.08 bits per heavy atom. The zero-order valence-electron chi connectivity index (χ0n) is 13.9. The maximum atomic E-state index is 10.2. The molecule has 0 radical (unpaired) electrons. The molecular formula is C18H20N4O4. The van der Waals surface area contributed by atoms with E-state index in [1.807, 2.05) is 30.3 Å². The predicted molar refractivity (Wildman–Crippen MR) is 94.3 cm³/mol. The number of fused-ring (bicyclic) bond motifs is 1. The second-order valence-corrected chi connectivity index (χ2v) is 6.25. The van der Waals surface area contributed by atoms with Gasteiger partial charge in [-0.25, -0.2) is 9.97 Å². The third-order valence-corrected chi connectivity index (χ3v) is 4.59. The number of aliphatic hydroxyl groups is 3. The summed E-state index contributed by atoms with van der Waals surface area (Å²) in [6.45, 7) is 0.237. The van der Waals surface area contributed by atoms with E-state index in [-0.39, 0.29) is 6.61 Å². The molecule has 26 heavy (non-hydrogen) atoms. The smallest absolute Gasteiger partial charge is 0.164 e. The van der Waals surface area contributed by atoms with E-state index in [0.717, 1.165) is 5.56 Å². The summed E-state index contributed by atoms with van der Waals surface area (Å²) in [6, 6.07) is 11.7. The molecule has 1 aliphatic heterocycles. The van der Waals surface area contributed by atoms with Crippen LogP contribution in [0.4, 0.5) is 5.82 Å². The second kappa shape index (κ2) is 7.00. The van der Waals surface area contributed by atoms with E-state index in [9.17, 15) is 15.3 Å². The molecule has 1 aliphatic rings. The van der Waals surface area contributed by atoms with E-state index in [0.29, 0.717) is 23.4 Å². The van der Waals surface area contributed by atoms with Gasteiger partial charge in [0.25, 0.3) is 0 Å². The van der Waals surface area contributed by atoms with E-state index < -0.39 is 24.5 Å². The summed E-state index contributed by atoms with van der Waals surface area (Å²) in [4.78, 5) is 8.74. The molecule has 0 saturated carbocycles. The highest BCUT2D eigenvalue weighted by Crippen LogP contribution is 2.32. The van der Waals surface area contributed by atoms with Gasteiger partial charge in [-0.3, -0.25) is 0 Å². The van der Waals surface area contributed by atoms with E-state index in [1.165, 1.54) is 0 Å². The third-order valence-electron chi connectivity index (χ3n) is 4.59. The van der Waals surface area contributed by atoms with Gasteiger partial charge < -0.3 is 29.9 Å². The van der Waals surface area contributed by atoms with E-state index in [2.05, 4.69) is 15.3 Å². The fourth-order valence-electron chi connectivity index (χ4n) is 3.19. The van der Waals surface area contributed by atoms with Crippen molar-refractivity contribution in [3.8, 4) is 0 Å². The minimum atomic E-state index is -1.15. The lowest BCUT2D eigenvalue weighted by atomic mass is 10.1. The minimum absolute atomic E-state index is 0.368. The lowest BCUT2D eigenvalue weighted by Crippen LogP contribution is -2.33. The Hall–Kier alpha value is -2.52. The van der Waals surface area contributed by atoms with Crippen molar-refractivity contribution in [2.75, 3.05) is 11.9 Å². The molecule has 3 heterocycles. The molecule has 3 aromatic rings. The number of nitrogens with one attached hydrogen (secondary N) is 1. The number of anilines is 1. The molecule has 136 valence electrons. The molecule has 0 bridgehead atoms. The largest absolute Gasteiger partial charge is 0.394 e. The minimum Gasteiger partial charge on any atom is -0.394 e. The van der Waals surface area contributed by atoms with Crippen molar-refractivity contribution >= 4 is 16.9 Å². The molecule has 4 rings (SSSR count). The van der Waals surface area contributed by atoms with Gasteiger partial charge in [-0.05, 0) is 11.6 Å². The van der Waals surface area contributed by atoms with Crippen LogP contribution in [0.1, 0.15) is 11.8 Å². The van der Waals surface area contributed by atoms with Crippen molar-refractivity contribution in [2.24, 2.45) is 0 Å². The van der Waals surface area contributed by atoms with E-state index in [1.54, 1.807) is 23.2 Å². The zero-order valence-corrected chi connectivity index (χ0v) is 13.9. The summed E-state index contributed by atoms with van der Waals surface area (Å²) in [5.41, 5.74) is 2.47. The first kappa shape index (κ1) is 16.9. The number of aromatic nitrogens is 3. The number of hydrogen-bond donors (Lipinski definition) is 4. The quantitative estimate of drug-likeness (QED) is 0.531. The van der Waals surface area contributed by atoms with Crippen LogP contribution in [0.15, 0.2) is 48.9 Å². The molecule has 8 heteroatoms. The van der Waals surface area contributed by atoms with Gasteiger partial charge >= 0.3 is 0 Å². The Bertz CT molecular complexity index is 885. The van der Waals surface area contributed by atoms with Crippen LogP contribution in [-0.4, -0.2) is 54.8 Å². The summed E-state index contributed by atoms with van der Waals surface area (Å²) in [7, 11) is 0. The predicted octanol–water partition coefficient (Wildman–Crippen LogP) is 0.655. The second-order valence-electron chi connectivity index (χ2n) is 6.25. The summed E-state index contributed by atoms with van der Waals surface area (Å²) >= 11 is 0. The van der Waals surface area contributed by atoms with E-state index >= 15 is 0 Å². The van der Waals surface area contributed by atoms with Crippen LogP contribution >= 0.6 is 0 Å². The van der Waals surface area contributed by atoms with Crippen LogP contribution < -0.4 is 5.32 Å². The van der Waals surface area contributed by atoms with Crippen molar-refractivity contribution in [3.05, 3.63) is 54.5 Å². The maximum absolute atomic E-state index is 10.2. The topological polar surface area (TPSA) is 113 Å². The van der Waals surface area contributed by atoms with Crippen molar-refractivity contribution in [3.63, 3.8) is 0 Å². The molecule has 4 atom stereocenters. The Morgan fingerprint density at radius 2 is 1.88 bits per heavy atom. The van der Waals surface area contributed by atoms with Gasteiger partial charge in [0.2, 0.25) is 0 Å². The molecule has 1 aromatic carbocycles. The lowest BCUT2D eigenvalue weighted by molar-refractivity contribution is -0.0508. The normalized spacial score (nSPS) is 25.7. The summed E-state index contributed by atoms with van der Waals surface area (Å²) < 4.78 is 7.24. The van der Waals surface area contributed by atoms with Crippen LogP contribution in [-0.2, 0) is 11.3 Å². The summed E-state index contributed by atoms with van der Waals surface area (Å²) in [6.07, 6.45) is -0.768. The number of nitrogens with zero attached hydrogens (tertiary/aromatic N) is 3. The molecule has 0 aliphatic carbocycles. The van der Waals surface area contributed by atoms with Crippen molar-refractivity contribution < 1.29 is 20.1 Å². The molecule has 4 N–H and O–H groups in total. The number of pyridine rings is 1. The molecule has 1 unspecified atom stereocenters. The standard InChI is InChI=1S/C18H20N4O4/c23-9-13-15(24)16(25)18(26-13)22-10-21-14-12(22)6-7-19-17(14)20-8-11-4-2-1-3-5-11/h1-7,10,13,15-16,18,23-25H,8-9H2,(H,19,20)/t13-,15?,16+,18-/m1/s1. The van der Waals surface area contributed by atoms with Gasteiger partial charge in [0, 0.05) is 12.7 Å². The van der Waals surface area contributed by atoms with Gasteiger partial charge in [0.05, 0.1) is 18.5 Å². The van der Waals surface area contributed by atoms with Gasteiger partial charge in [-0.1, -0.05) is 30.3 Å². The highest BCUT2D eigenvalue weighted by molar-refractivity contribution is 5.85. The Labute approximate surface area is 149 Å². The zero-order chi connectivity index (χ0) is 18.1. The number of ether oxygens (including phenoxy) is 1. The number of aliphatic hydroxyl groups excluding tert-OH is 3. The fourth-order valence-corrected chi connectivity index (χ4v) is 3.19. The van der Waals surface area contributed by atoms with Crippen LogP contribution in [0.3, 0.4) is 0 Å². The molecule has 1 saturated heterocycles. The molecule has 0 spiro atoms. The van der Waals surface area contributed by atoms with Crippen molar-refractivity contribution in [1.29, 1.82) is 0 Å². The van der Waals surface area contributed by atoms with Crippen LogP contribution in [0.2, 0.25) is 0 Å². The highest BCUT2D eigenvalue weighted by Gasteiger charge is 2.43. The van der Waals surface area contributed by atoms with Crippen molar-refractivity contribution in [2.45, 2.75) is 31.1 Å². The maximum Gasteiger partial charge on any atom is 0.164 e. The molecular weight excluding hydrogens is 336 g/mol. The van der Waals surface area contributed by atoms with E-state index in [4.69, 9.17) is 4.74 Å². The Morgan fingerprint density at radius 3 is 2.62 bits per heavy atom. The molecule has 0 amide bonds. The highest BCUT2D eigenvalue weighted by atomic mass is 16.6. The first-order valence-corrected chi connectivity index (χ1v) is 8.41. The number of benzene rings is 1. The Balaban J connectivity index is 1.61. The molecule has 2 aromatic heterocycles. The van der Waals surface area contributed by atoms with Gasteiger partial charge in [-0.15, -0.1) is 0 Å². The third kappa shape index (κ3) is 2.93. The van der Waals surface area contributed by atoms with Gasteiger partial charge in [0.15, 0.2) is 12.0 Å². The average molecular weight is 356 g/mol. The van der Waals surface area contributed by atoms with Crippen molar-refractivity contribution in [1.82, 2.24) is 14.5 Å². The number of rotatable bonds is 5. The van der Waals surface area contributed by atoms with Crippen LogP contribution in [0, 0.1) is 0 Å². The monoisotopic (exact) mass is 356 g/mol. The van der Waals surface area contributed by atoms with Gasteiger partial charge in [-0.2, -0.15) is 0 Å². The first-order valence-electron chi connectivity index (χ1n) is 8.41. The lowest BCUT2D eigenvalue weighted by Gasteiger charge is -2.17. The number of imidazole rings is 1. The summed E-state index contributed by atoms with van der Waals surface area (Å²) in [5, 5.41) is 32.7. The van der Waals surface area contributed by atoms with Crippen LogP contribution in [0.25, 0.3) is 11.0 Å². The Kier molecular flexibility index (Phi) is 4.56. The van der Waals surface area contributed by atoms with Crippen LogP contribution in [0.5, 0.6) is 0 Å². The SMILES string of the molecule is OC[C@H]1O[C@@H](n2cnc3c(NCc4ccccc4)nccc32)[C@@H](O)C1O. The summed E-state index contributed by atoms with van der Waals surface area (Å²) in [5.74, 6) is 0.622.